The number of hydrogen-bond donors (Lipinski definition) is 2. The maximum atomic E-state index is 4.57. The lowest BCUT2D eigenvalue weighted by Crippen LogP contribution is -1.84. The van der Waals surface area contributed by atoms with Gasteiger partial charge in [0.05, 0.1) is 23.1 Å². The molecule has 0 saturated carbocycles. The summed E-state index contributed by atoms with van der Waals surface area (Å²) in [5, 5.41) is 9.77. The third-order valence-corrected chi connectivity index (χ3v) is 6.25. The molecule has 0 fully saturated rings. The van der Waals surface area contributed by atoms with Gasteiger partial charge in [0.2, 0.25) is 0 Å². The maximum Gasteiger partial charge on any atom is 0.138 e. The van der Waals surface area contributed by atoms with E-state index in [9.17, 15) is 0 Å². The summed E-state index contributed by atoms with van der Waals surface area (Å²) in [6, 6.07) is 14.5. The second kappa shape index (κ2) is 6.60. The van der Waals surface area contributed by atoms with E-state index >= 15 is 0 Å². The minimum absolute atomic E-state index is 0.855. The van der Waals surface area contributed by atoms with Crippen LogP contribution in [0.5, 0.6) is 0 Å². The molecule has 0 radical (unpaired) electrons. The van der Waals surface area contributed by atoms with Gasteiger partial charge in [-0.1, -0.05) is 0 Å². The summed E-state index contributed by atoms with van der Waals surface area (Å²) in [5.74, 6) is 0. The van der Waals surface area contributed by atoms with Crippen molar-refractivity contribution in [1.29, 1.82) is 0 Å². The first-order valence-electron chi connectivity index (χ1n) is 9.56. The lowest BCUT2D eigenvalue weighted by Gasteiger charge is -2.00. The minimum Gasteiger partial charge on any atom is -0.338 e. The van der Waals surface area contributed by atoms with Gasteiger partial charge in [0.1, 0.15) is 11.3 Å². The van der Waals surface area contributed by atoms with E-state index in [0.717, 1.165) is 44.6 Å². The highest BCUT2D eigenvalue weighted by atomic mass is 32.1. The van der Waals surface area contributed by atoms with Crippen molar-refractivity contribution in [1.82, 2.24) is 30.1 Å². The zero-order chi connectivity index (χ0) is 20.1. The van der Waals surface area contributed by atoms with E-state index < -0.39 is 0 Å². The molecule has 0 aromatic carbocycles. The van der Waals surface area contributed by atoms with Crippen LogP contribution < -0.4 is 0 Å². The first-order valence-corrected chi connectivity index (χ1v) is 10.4. The zero-order valence-corrected chi connectivity index (χ0v) is 16.9. The minimum atomic E-state index is 0.855. The third kappa shape index (κ3) is 2.71. The van der Waals surface area contributed by atoms with Crippen LogP contribution in [0.15, 0.2) is 67.3 Å². The summed E-state index contributed by atoms with van der Waals surface area (Å²) in [7, 11) is 0. The van der Waals surface area contributed by atoms with Crippen LogP contribution in [0.1, 0.15) is 4.88 Å². The molecule has 0 spiro atoms. The number of pyridine rings is 3. The molecule has 0 atom stereocenters. The molecular weight excluding hydrogens is 392 g/mol. The van der Waals surface area contributed by atoms with Crippen molar-refractivity contribution in [2.24, 2.45) is 0 Å². The zero-order valence-electron chi connectivity index (χ0n) is 16.0. The van der Waals surface area contributed by atoms with Crippen molar-refractivity contribution in [2.75, 3.05) is 0 Å². The molecule has 0 amide bonds. The Morgan fingerprint density at radius 3 is 2.63 bits per heavy atom. The molecule has 6 heterocycles. The summed E-state index contributed by atoms with van der Waals surface area (Å²) < 4.78 is 0. The van der Waals surface area contributed by atoms with Crippen LogP contribution in [0, 0.1) is 6.92 Å². The van der Waals surface area contributed by atoms with E-state index in [1.165, 1.54) is 15.3 Å². The van der Waals surface area contributed by atoms with Crippen molar-refractivity contribution >= 4 is 33.3 Å². The van der Waals surface area contributed by atoms with Crippen molar-refractivity contribution < 1.29 is 0 Å². The molecule has 144 valence electrons. The quantitative estimate of drug-likeness (QED) is 0.399. The Morgan fingerprint density at radius 2 is 1.80 bits per heavy atom. The van der Waals surface area contributed by atoms with E-state index in [1.807, 2.05) is 24.5 Å². The van der Waals surface area contributed by atoms with Crippen LogP contribution >= 0.6 is 11.3 Å². The molecular formula is C23H16N6S. The molecule has 30 heavy (non-hydrogen) atoms. The number of nitrogens with zero attached hydrogens (tertiary/aromatic N) is 4. The normalized spacial score (nSPS) is 11.5. The lowest BCUT2D eigenvalue weighted by molar-refractivity contribution is 1.11. The fourth-order valence-electron chi connectivity index (χ4n) is 3.75. The van der Waals surface area contributed by atoms with Gasteiger partial charge in [0, 0.05) is 50.2 Å². The van der Waals surface area contributed by atoms with Crippen LogP contribution in [-0.4, -0.2) is 30.1 Å². The van der Waals surface area contributed by atoms with Crippen LogP contribution in [0.4, 0.5) is 0 Å². The van der Waals surface area contributed by atoms with Crippen LogP contribution in [-0.2, 0) is 0 Å². The monoisotopic (exact) mass is 408 g/mol. The molecule has 7 heteroatoms. The van der Waals surface area contributed by atoms with Gasteiger partial charge < -0.3 is 4.98 Å². The highest BCUT2D eigenvalue weighted by Crippen LogP contribution is 2.36. The first-order chi connectivity index (χ1) is 14.8. The van der Waals surface area contributed by atoms with Crippen molar-refractivity contribution in [3.63, 3.8) is 0 Å². The van der Waals surface area contributed by atoms with Crippen molar-refractivity contribution in [2.45, 2.75) is 6.92 Å². The van der Waals surface area contributed by atoms with Gasteiger partial charge in [0.25, 0.3) is 0 Å². The SMILES string of the molecule is Cc1ccc(-c2ccnc3[nH]c(-c4n[nH]c5cnc(-c6ccncc6)cc45)cc23)s1. The summed E-state index contributed by atoms with van der Waals surface area (Å²) in [4.78, 5) is 19.2. The molecule has 6 aromatic rings. The predicted molar refractivity (Wildman–Crippen MR) is 120 cm³/mol. The smallest absolute Gasteiger partial charge is 0.138 e. The number of fused-ring (bicyclic) bond motifs is 2. The van der Waals surface area contributed by atoms with Gasteiger partial charge >= 0.3 is 0 Å². The molecule has 6 nitrogen and oxygen atoms in total. The highest BCUT2D eigenvalue weighted by Gasteiger charge is 2.15. The predicted octanol–water partition coefficient (Wildman–Crippen LogP) is 5.60. The Balaban J connectivity index is 1.52. The van der Waals surface area contributed by atoms with Gasteiger partial charge in [0.15, 0.2) is 0 Å². The average Bonchev–Trinajstić information content (AvgIpc) is 3.51. The van der Waals surface area contributed by atoms with Crippen LogP contribution in [0.25, 0.3) is 55.0 Å². The molecule has 0 unspecified atom stereocenters. The van der Waals surface area contributed by atoms with E-state index in [2.05, 4.69) is 67.4 Å². The maximum absolute atomic E-state index is 4.57. The van der Waals surface area contributed by atoms with E-state index in [-0.39, 0.29) is 0 Å². The Kier molecular flexibility index (Phi) is 3.75. The summed E-state index contributed by atoms with van der Waals surface area (Å²) in [5.41, 5.74) is 6.62. The van der Waals surface area contributed by atoms with Crippen molar-refractivity contribution in [3.8, 4) is 33.1 Å². The van der Waals surface area contributed by atoms with E-state index in [4.69, 9.17) is 0 Å². The molecule has 0 bridgehead atoms. The standard InChI is InChI=1S/C23H16N6S/c1-13-2-3-21(30-13)15-6-9-25-23-16(15)10-19(27-23)22-17-11-18(14-4-7-24-8-5-14)26-12-20(17)28-29-22/h2-12H,1H3,(H,25,27)(H,28,29). The number of hydrogen-bond acceptors (Lipinski definition) is 5. The topological polar surface area (TPSA) is 83.1 Å². The Hall–Kier alpha value is -3.84. The number of thiophene rings is 1. The fraction of sp³-hybridized carbons (Fsp3) is 0.0435. The number of aryl methyl sites for hydroxylation is 1. The molecule has 6 rings (SSSR count). The van der Waals surface area contributed by atoms with Gasteiger partial charge in [-0.05, 0) is 49.4 Å². The molecule has 6 aromatic heterocycles. The largest absolute Gasteiger partial charge is 0.338 e. The van der Waals surface area contributed by atoms with Crippen molar-refractivity contribution in [3.05, 3.63) is 72.1 Å². The Morgan fingerprint density at radius 1 is 0.900 bits per heavy atom. The Labute approximate surface area is 175 Å². The first kappa shape index (κ1) is 17.1. The number of nitrogens with one attached hydrogen (secondary N) is 2. The van der Waals surface area contributed by atoms with Gasteiger partial charge in [-0.3, -0.25) is 15.1 Å². The summed E-state index contributed by atoms with van der Waals surface area (Å²) in [6.07, 6.45) is 7.22. The molecule has 2 N–H and O–H groups in total. The van der Waals surface area contributed by atoms with Gasteiger partial charge in [-0.25, -0.2) is 4.98 Å². The number of rotatable bonds is 3. The van der Waals surface area contributed by atoms with E-state index in [0.29, 0.717) is 0 Å². The Bertz CT molecular complexity index is 1510. The molecule has 0 aliphatic carbocycles. The average molecular weight is 408 g/mol. The molecule has 0 saturated heterocycles. The third-order valence-electron chi connectivity index (χ3n) is 5.22. The molecule has 0 aliphatic heterocycles. The second-order valence-corrected chi connectivity index (χ2v) is 8.43. The van der Waals surface area contributed by atoms with E-state index in [1.54, 1.807) is 23.7 Å². The van der Waals surface area contributed by atoms with Gasteiger partial charge in [-0.2, -0.15) is 5.10 Å². The number of aromatic nitrogens is 6. The van der Waals surface area contributed by atoms with Crippen LogP contribution in [0.3, 0.4) is 0 Å². The van der Waals surface area contributed by atoms with Crippen LogP contribution in [0.2, 0.25) is 0 Å². The summed E-state index contributed by atoms with van der Waals surface area (Å²) >= 11 is 1.79. The highest BCUT2D eigenvalue weighted by molar-refractivity contribution is 7.15. The fourth-order valence-corrected chi connectivity index (χ4v) is 4.66. The molecule has 0 aliphatic rings. The van der Waals surface area contributed by atoms with Gasteiger partial charge in [-0.15, -0.1) is 11.3 Å². The lowest BCUT2D eigenvalue weighted by atomic mass is 10.1. The number of H-pyrrole nitrogens is 2. The second-order valence-electron chi connectivity index (χ2n) is 7.14. The summed E-state index contributed by atoms with van der Waals surface area (Å²) in [6.45, 7) is 2.12. The number of aromatic amines is 2.